The van der Waals surface area contributed by atoms with Crippen LogP contribution in [0.2, 0.25) is 0 Å². The van der Waals surface area contributed by atoms with Crippen LogP contribution >= 0.6 is 12.4 Å². The van der Waals surface area contributed by atoms with Crippen molar-refractivity contribution in [2.45, 2.75) is 38.8 Å². The molecule has 0 unspecified atom stereocenters. The molecule has 2 atom stereocenters. The molecular formula is C13H19ClF3NO. The summed E-state index contributed by atoms with van der Waals surface area (Å²) in [6, 6.07) is 0.818. The molecular weight excluding hydrogens is 279 g/mol. The molecule has 0 heterocycles. The van der Waals surface area contributed by atoms with Crippen molar-refractivity contribution in [2.24, 2.45) is 11.7 Å². The van der Waals surface area contributed by atoms with Gasteiger partial charge in [-0.3, -0.25) is 0 Å². The summed E-state index contributed by atoms with van der Waals surface area (Å²) in [6.07, 6.45) is 0.129. The van der Waals surface area contributed by atoms with Gasteiger partial charge >= 0.3 is 0 Å². The molecule has 1 aromatic carbocycles. The van der Waals surface area contributed by atoms with E-state index in [1.165, 1.54) is 0 Å². The van der Waals surface area contributed by atoms with Crippen LogP contribution in [0.3, 0.4) is 0 Å². The van der Waals surface area contributed by atoms with E-state index in [4.69, 9.17) is 5.73 Å². The molecule has 2 nitrogen and oxygen atoms in total. The first-order valence-corrected chi connectivity index (χ1v) is 5.91. The van der Waals surface area contributed by atoms with Gasteiger partial charge in [0.05, 0.1) is 12.1 Å². The first-order chi connectivity index (χ1) is 8.34. The summed E-state index contributed by atoms with van der Waals surface area (Å²) in [7, 11) is 0. The van der Waals surface area contributed by atoms with E-state index in [1.54, 1.807) is 0 Å². The van der Waals surface area contributed by atoms with E-state index in [1.807, 2.05) is 13.8 Å². The maximum absolute atomic E-state index is 13.5. The van der Waals surface area contributed by atoms with Crippen molar-refractivity contribution >= 4 is 12.4 Å². The molecule has 0 fully saturated rings. The summed E-state index contributed by atoms with van der Waals surface area (Å²) in [4.78, 5) is 0. The van der Waals surface area contributed by atoms with Crippen molar-refractivity contribution < 1.29 is 18.3 Å². The zero-order chi connectivity index (χ0) is 13.9. The van der Waals surface area contributed by atoms with Crippen molar-refractivity contribution in [1.29, 1.82) is 0 Å². The van der Waals surface area contributed by atoms with Gasteiger partial charge in [0.2, 0.25) is 0 Å². The summed E-state index contributed by atoms with van der Waals surface area (Å²) in [5, 5.41) is 9.80. The molecule has 110 valence electrons. The predicted octanol–water partition coefficient (Wildman–Crippen LogP) is 3.32. The summed E-state index contributed by atoms with van der Waals surface area (Å²) in [6.45, 7) is 3.97. The Kier molecular flexibility index (Phi) is 7.41. The number of hydrogen-bond donors (Lipinski definition) is 2. The molecule has 6 heteroatoms. The van der Waals surface area contributed by atoms with Gasteiger partial charge in [0.15, 0.2) is 17.5 Å². The van der Waals surface area contributed by atoms with Gasteiger partial charge in [-0.1, -0.05) is 19.9 Å². The van der Waals surface area contributed by atoms with E-state index in [9.17, 15) is 18.3 Å². The summed E-state index contributed by atoms with van der Waals surface area (Å²) in [5.74, 6) is -3.77. The molecule has 19 heavy (non-hydrogen) atoms. The fourth-order valence-corrected chi connectivity index (χ4v) is 1.69. The van der Waals surface area contributed by atoms with Crippen LogP contribution in [0.5, 0.6) is 0 Å². The van der Waals surface area contributed by atoms with E-state index in [-0.39, 0.29) is 18.0 Å². The normalized spacial score (nSPS) is 14.1. The van der Waals surface area contributed by atoms with Crippen molar-refractivity contribution in [3.63, 3.8) is 0 Å². The van der Waals surface area contributed by atoms with Crippen molar-refractivity contribution in [3.8, 4) is 0 Å². The van der Waals surface area contributed by atoms with E-state index in [0.717, 1.165) is 18.6 Å². The zero-order valence-corrected chi connectivity index (χ0v) is 11.7. The molecule has 0 spiro atoms. The van der Waals surface area contributed by atoms with Crippen LogP contribution in [0.1, 0.15) is 38.3 Å². The Balaban J connectivity index is 0.00000324. The fourth-order valence-electron chi connectivity index (χ4n) is 1.69. The van der Waals surface area contributed by atoms with Crippen molar-refractivity contribution in [3.05, 3.63) is 35.1 Å². The first kappa shape index (κ1) is 18.2. The molecule has 0 bridgehead atoms. The number of aliphatic hydroxyl groups is 1. The topological polar surface area (TPSA) is 46.2 Å². The minimum absolute atomic E-state index is 0. The lowest BCUT2D eigenvalue weighted by Crippen LogP contribution is -2.27. The highest BCUT2D eigenvalue weighted by Gasteiger charge is 2.23. The van der Waals surface area contributed by atoms with E-state index in [2.05, 4.69) is 0 Å². The van der Waals surface area contributed by atoms with Crippen LogP contribution in [0.25, 0.3) is 0 Å². The Hall–Kier alpha value is -0.780. The van der Waals surface area contributed by atoms with Gasteiger partial charge in [-0.2, -0.15) is 0 Å². The molecule has 0 saturated carbocycles. The average molecular weight is 298 g/mol. The third kappa shape index (κ3) is 4.67. The second kappa shape index (κ2) is 7.72. The van der Waals surface area contributed by atoms with Crippen LogP contribution in [-0.4, -0.2) is 11.2 Å². The number of halogens is 4. The zero-order valence-electron chi connectivity index (χ0n) is 10.9. The second-order valence-corrected chi connectivity index (χ2v) is 4.83. The van der Waals surface area contributed by atoms with Crippen LogP contribution in [0.4, 0.5) is 13.2 Å². The van der Waals surface area contributed by atoms with Gasteiger partial charge < -0.3 is 10.8 Å². The van der Waals surface area contributed by atoms with Gasteiger partial charge in [0, 0.05) is 5.56 Å². The number of hydrogen-bond acceptors (Lipinski definition) is 2. The van der Waals surface area contributed by atoms with Gasteiger partial charge in [0.25, 0.3) is 0 Å². The lowest BCUT2D eigenvalue weighted by atomic mass is 9.95. The number of aliphatic hydroxyl groups excluding tert-OH is 1. The standard InChI is InChI=1S/C13H18F3NO.ClH/c1-7(2)3-6-10(18)13(17)8-4-5-9(14)12(16)11(8)15;/h4-5,7,10,13,18H,3,6,17H2,1-2H3;1H/t10-,13+;/m1./s1. The smallest absolute Gasteiger partial charge is 0.194 e. The average Bonchev–Trinajstić information content (AvgIpc) is 2.32. The van der Waals surface area contributed by atoms with Crippen molar-refractivity contribution in [1.82, 2.24) is 0 Å². The largest absolute Gasteiger partial charge is 0.391 e. The van der Waals surface area contributed by atoms with Crippen LogP contribution < -0.4 is 5.73 Å². The molecule has 3 N–H and O–H groups in total. The van der Waals surface area contributed by atoms with Crippen LogP contribution in [0.15, 0.2) is 12.1 Å². The Bertz CT molecular complexity index is 415. The highest BCUT2D eigenvalue weighted by molar-refractivity contribution is 5.85. The minimum Gasteiger partial charge on any atom is -0.391 e. The van der Waals surface area contributed by atoms with Gasteiger partial charge in [-0.05, 0) is 24.8 Å². The van der Waals surface area contributed by atoms with E-state index >= 15 is 0 Å². The predicted molar refractivity (Wildman–Crippen MR) is 70.6 cm³/mol. The Morgan fingerprint density at radius 1 is 1.11 bits per heavy atom. The quantitative estimate of drug-likeness (QED) is 0.819. The molecule has 0 saturated heterocycles. The van der Waals surface area contributed by atoms with Gasteiger partial charge in [-0.15, -0.1) is 12.4 Å². The van der Waals surface area contributed by atoms with E-state index in [0.29, 0.717) is 12.3 Å². The van der Waals surface area contributed by atoms with E-state index < -0.39 is 29.6 Å². The lowest BCUT2D eigenvalue weighted by Gasteiger charge is -2.20. The SMILES string of the molecule is CC(C)CC[C@@H](O)[C@@H](N)c1ccc(F)c(F)c1F.Cl. The molecule has 0 aliphatic rings. The van der Waals surface area contributed by atoms with Gasteiger partial charge in [-0.25, -0.2) is 13.2 Å². The molecule has 0 aliphatic heterocycles. The highest BCUT2D eigenvalue weighted by atomic mass is 35.5. The summed E-state index contributed by atoms with van der Waals surface area (Å²) < 4.78 is 39.3. The van der Waals surface area contributed by atoms with Crippen LogP contribution in [-0.2, 0) is 0 Å². The Labute approximate surface area is 117 Å². The highest BCUT2D eigenvalue weighted by Crippen LogP contribution is 2.24. The third-order valence-electron chi connectivity index (χ3n) is 2.88. The molecule has 1 aromatic rings. The minimum atomic E-state index is -1.56. The Morgan fingerprint density at radius 2 is 1.68 bits per heavy atom. The lowest BCUT2D eigenvalue weighted by molar-refractivity contribution is 0.126. The number of benzene rings is 1. The second-order valence-electron chi connectivity index (χ2n) is 4.83. The summed E-state index contributed by atoms with van der Waals surface area (Å²) in [5.41, 5.74) is 5.46. The molecule has 0 amide bonds. The molecule has 1 rings (SSSR count). The molecule has 0 radical (unpaired) electrons. The molecule has 0 aromatic heterocycles. The fraction of sp³-hybridized carbons (Fsp3) is 0.538. The third-order valence-corrected chi connectivity index (χ3v) is 2.88. The first-order valence-electron chi connectivity index (χ1n) is 5.91. The Morgan fingerprint density at radius 3 is 2.21 bits per heavy atom. The number of nitrogens with two attached hydrogens (primary N) is 1. The monoisotopic (exact) mass is 297 g/mol. The summed E-state index contributed by atoms with van der Waals surface area (Å²) >= 11 is 0. The molecule has 0 aliphatic carbocycles. The van der Waals surface area contributed by atoms with Crippen molar-refractivity contribution in [2.75, 3.05) is 0 Å². The van der Waals surface area contributed by atoms with Gasteiger partial charge in [0.1, 0.15) is 0 Å². The maximum atomic E-state index is 13.5. The maximum Gasteiger partial charge on any atom is 0.194 e. The number of rotatable bonds is 5. The van der Waals surface area contributed by atoms with Crippen LogP contribution in [0, 0.1) is 23.4 Å².